The highest BCUT2D eigenvalue weighted by molar-refractivity contribution is 5.86. The maximum absolute atomic E-state index is 11.0. The smallest absolute Gasteiger partial charge is 0.331 e. The largest absolute Gasteiger partial charge is 0.478 e. The van der Waals surface area contributed by atoms with Gasteiger partial charge in [-0.15, -0.1) is 0 Å². The highest BCUT2D eigenvalue weighted by Crippen LogP contribution is 2.43. The van der Waals surface area contributed by atoms with E-state index in [9.17, 15) is 9.90 Å². The van der Waals surface area contributed by atoms with Crippen LogP contribution in [0.15, 0.2) is 35.5 Å². The summed E-state index contributed by atoms with van der Waals surface area (Å²) in [6.07, 6.45) is 4.46. The summed E-state index contributed by atoms with van der Waals surface area (Å²) in [6.45, 7) is 16.2. The minimum Gasteiger partial charge on any atom is -0.478 e. The van der Waals surface area contributed by atoms with E-state index in [1.54, 1.807) is 0 Å². The van der Waals surface area contributed by atoms with E-state index in [1.807, 2.05) is 6.08 Å². The van der Waals surface area contributed by atoms with Gasteiger partial charge in [-0.05, 0) is 22.5 Å². The number of hydrogen-bond acceptors (Lipinski definition) is 2. The first-order valence-electron chi connectivity index (χ1n) is 7.32. The van der Waals surface area contributed by atoms with E-state index < -0.39 is 11.6 Å². The lowest BCUT2D eigenvalue weighted by atomic mass is 9.69. The Morgan fingerprint density at radius 1 is 1.24 bits per heavy atom. The molecule has 0 spiro atoms. The van der Waals surface area contributed by atoms with Gasteiger partial charge in [0.25, 0.3) is 0 Å². The first-order chi connectivity index (χ1) is 9.24. The molecule has 0 saturated heterocycles. The third-order valence-corrected chi connectivity index (χ3v) is 3.90. The van der Waals surface area contributed by atoms with Gasteiger partial charge in [-0.2, -0.15) is 0 Å². The lowest BCUT2D eigenvalue weighted by Crippen LogP contribution is -2.35. The summed E-state index contributed by atoms with van der Waals surface area (Å²) in [7, 11) is 0. The van der Waals surface area contributed by atoms with Crippen LogP contribution >= 0.6 is 0 Å². The Kier molecular flexibility index (Phi) is 4.59. The Morgan fingerprint density at radius 3 is 2.14 bits per heavy atom. The molecular weight excluding hydrogens is 264 g/mol. The number of hydrogen-bond donors (Lipinski definition) is 2. The number of aliphatic hydroxyl groups is 1. The van der Waals surface area contributed by atoms with Crippen molar-refractivity contribution in [3.8, 4) is 0 Å². The number of carboxylic acid groups (broad SMARTS) is 1. The fraction of sp³-hybridized carbons (Fsp3) is 0.611. The van der Waals surface area contributed by atoms with E-state index in [0.29, 0.717) is 6.42 Å². The van der Waals surface area contributed by atoms with Crippen LogP contribution in [-0.2, 0) is 4.79 Å². The van der Waals surface area contributed by atoms with E-state index in [2.05, 4.69) is 54.2 Å². The molecule has 0 radical (unpaired) electrons. The number of allylic oxidation sites excluding steroid dienone is 2. The molecule has 0 aromatic carbocycles. The van der Waals surface area contributed by atoms with Crippen molar-refractivity contribution in [3.63, 3.8) is 0 Å². The summed E-state index contributed by atoms with van der Waals surface area (Å²) < 4.78 is 0. The molecule has 0 aliphatic heterocycles. The van der Waals surface area contributed by atoms with Crippen molar-refractivity contribution in [1.29, 1.82) is 0 Å². The summed E-state index contributed by atoms with van der Waals surface area (Å²) in [4.78, 5) is 11.0. The zero-order valence-electron chi connectivity index (χ0n) is 14.1. The Labute approximate surface area is 128 Å². The van der Waals surface area contributed by atoms with Crippen LogP contribution in [0.25, 0.3) is 0 Å². The Hall–Kier alpha value is -1.35. The molecule has 1 rings (SSSR count). The molecule has 1 unspecified atom stereocenters. The molecule has 1 atom stereocenters. The standard InChI is InChI=1S/C18H28O3/c1-12(15(19)20)9-18(21)10-13(16(2,3)4)8-14(11-18)17(5,6)7/h8,10,21H,1,9,11H2,2-7H3,(H,19,20). The van der Waals surface area contributed by atoms with Gasteiger partial charge in [0.15, 0.2) is 0 Å². The van der Waals surface area contributed by atoms with E-state index in [4.69, 9.17) is 5.11 Å². The molecule has 0 aromatic heterocycles. The van der Waals surface area contributed by atoms with Crippen molar-refractivity contribution in [2.45, 2.75) is 60.0 Å². The highest BCUT2D eigenvalue weighted by Gasteiger charge is 2.36. The fourth-order valence-electron chi connectivity index (χ4n) is 2.42. The predicted octanol–water partition coefficient (Wildman–Crippen LogP) is 4.10. The number of rotatable bonds is 3. The molecule has 118 valence electrons. The Morgan fingerprint density at radius 2 is 1.76 bits per heavy atom. The average Bonchev–Trinajstić information content (AvgIpc) is 2.24. The Balaban J connectivity index is 3.25. The number of carboxylic acids is 1. The second kappa shape index (κ2) is 5.45. The molecule has 0 saturated carbocycles. The summed E-state index contributed by atoms with van der Waals surface area (Å²) in [5.41, 5.74) is 0.876. The van der Waals surface area contributed by atoms with Crippen LogP contribution in [-0.4, -0.2) is 21.8 Å². The average molecular weight is 292 g/mol. The maximum Gasteiger partial charge on any atom is 0.331 e. The van der Waals surface area contributed by atoms with E-state index >= 15 is 0 Å². The summed E-state index contributed by atoms with van der Waals surface area (Å²) in [5, 5.41) is 19.9. The minimum absolute atomic E-state index is 0.0390. The lowest BCUT2D eigenvalue weighted by molar-refractivity contribution is -0.133. The molecule has 0 heterocycles. The van der Waals surface area contributed by atoms with Crippen LogP contribution in [0.5, 0.6) is 0 Å². The SMILES string of the molecule is C=C(CC1(O)C=C(C(C)(C)C)C=C(C(C)(C)C)C1)C(=O)O. The minimum atomic E-state index is -1.17. The monoisotopic (exact) mass is 292 g/mol. The molecular formula is C18H28O3. The Bertz CT molecular complexity index is 510. The third kappa shape index (κ3) is 4.57. The third-order valence-electron chi connectivity index (χ3n) is 3.90. The molecule has 0 bridgehead atoms. The molecule has 3 nitrogen and oxygen atoms in total. The maximum atomic E-state index is 11.0. The van der Waals surface area contributed by atoms with Gasteiger partial charge < -0.3 is 10.2 Å². The van der Waals surface area contributed by atoms with Crippen LogP contribution in [0.2, 0.25) is 0 Å². The zero-order valence-corrected chi connectivity index (χ0v) is 14.1. The predicted molar refractivity (Wildman–Crippen MR) is 86.0 cm³/mol. The number of aliphatic carboxylic acids is 1. The van der Waals surface area contributed by atoms with E-state index in [-0.39, 0.29) is 22.8 Å². The van der Waals surface area contributed by atoms with Crippen molar-refractivity contribution >= 4 is 5.97 Å². The summed E-state index contributed by atoms with van der Waals surface area (Å²) >= 11 is 0. The van der Waals surface area contributed by atoms with E-state index in [0.717, 1.165) is 11.1 Å². The van der Waals surface area contributed by atoms with Crippen molar-refractivity contribution in [2.75, 3.05) is 0 Å². The van der Waals surface area contributed by atoms with Gasteiger partial charge in [-0.3, -0.25) is 0 Å². The normalized spacial score (nSPS) is 23.4. The first kappa shape index (κ1) is 17.7. The van der Waals surface area contributed by atoms with Gasteiger partial charge in [0, 0.05) is 18.4 Å². The molecule has 3 heteroatoms. The van der Waals surface area contributed by atoms with Gasteiger partial charge in [0.05, 0.1) is 5.60 Å². The van der Waals surface area contributed by atoms with Crippen molar-refractivity contribution in [3.05, 3.63) is 35.5 Å². The van der Waals surface area contributed by atoms with Gasteiger partial charge in [0.1, 0.15) is 0 Å². The molecule has 0 amide bonds. The van der Waals surface area contributed by atoms with Crippen LogP contribution < -0.4 is 0 Å². The van der Waals surface area contributed by atoms with Crippen LogP contribution in [0.4, 0.5) is 0 Å². The van der Waals surface area contributed by atoms with Crippen molar-refractivity contribution in [1.82, 2.24) is 0 Å². The second-order valence-corrected chi connectivity index (χ2v) is 8.14. The first-order valence-corrected chi connectivity index (χ1v) is 7.32. The van der Waals surface area contributed by atoms with Gasteiger partial charge >= 0.3 is 5.97 Å². The topological polar surface area (TPSA) is 57.5 Å². The molecule has 2 N–H and O–H groups in total. The lowest BCUT2D eigenvalue weighted by Gasteiger charge is -2.38. The molecule has 0 fully saturated rings. The molecule has 0 aromatic rings. The van der Waals surface area contributed by atoms with Crippen molar-refractivity contribution in [2.24, 2.45) is 10.8 Å². The second-order valence-electron chi connectivity index (χ2n) is 8.14. The van der Waals surface area contributed by atoms with Crippen LogP contribution in [0.1, 0.15) is 54.4 Å². The molecule has 1 aliphatic rings. The van der Waals surface area contributed by atoms with Gasteiger partial charge in [0.2, 0.25) is 0 Å². The van der Waals surface area contributed by atoms with Crippen molar-refractivity contribution < 1.29 is 15.0 Å². The quantitative estimate of drug-likeness (QED) is 0.770. The fourth-order valence-corrected chi connectivity index (χ4v) is 2.42. The number of carbonyl (C=O) groups is 1. The van der Waals surface area contributed by atoms with E-state index in [1.165, 1.54) is 0 Å². The highest BCUT2D eigenvalue weighted by atomic mass is 16.4. The summed E-state index contributed by atoms with van der Waals surface area (Å²) in [5.74, 6) is -1.05. The van der Waals surface area contributed by atoms with Gasteiger partial charge in [-0.1, -0.05) is 59.8 Å². The molecule has 1 aliphatic carbocycles. The zero-order chi connectivity index (χ0) is 16.6. The van der Waals surface area contributed by atoms with Gasteiger partial charge in [-0.25, -0.2) is 4.79 Å². The molecule has 21 heavy (non-hydrogen) atoms. The van der Waals surface area contributed by atoms with Crippen LogP contribution in [0, 0.1) is 10.8 Å². The van der Waals surface area contributed by atoms with Crippen LogP contribution in [0.3, 0.4) is 0 Å². The summed E-state index contributed by atoms with van der Waals surface area (Å²) in [6, 6.07) is 0.